The van der Waals surface area contributed by atoms with Crippen molar-refractivity contribution in [3.63, 3.8) is 0 Å². The number of nitrogens with zero attached hydrogens (tertiary/aromatic N) is 3. The summed E-state index contributed by atoms with van der Waals surface area (Å²) in [5.74, 6) is -0.266. The van der Waals surface area contributed by atoms with Crippen molar-refractivity contribution in [3.8, 4) is 0 Å². The summed E-state index contributed by atoms with van der Waals surface area (Å²) < 4.78 is 0. The van der Waals surface area contributed by atoms with Gasteiger partial charge in [-0.1, -0.05) is 0 Å². The van der Waals surface area contributed by atoms with E-state index in [-0.39, 0.29) is 25.7 Å². The molecule has 1 aromatic heterocycles. The molecular weight excluding hydrogens is 250 g/mol. The monoisotopic (exact) mass is 267 g/mol. The van der Waals surface area contributed by atoms with Crippen molar-refractivity contribution in [1.29, 1.82) is 0 Å². The van der Waals surface area contributed by atoms with Gasteiger partial charge in [0.05, 0.1) is 25.6 Å². The van der Waals surface area contributed by atoms with Crippen LogP contribution in [0, 0.1) is 0 Å². The molecule has 104 valence electrons. The Morgan fingerprint density at radius 3 is 2.89 bits per heavy atom. The Labute approximate surface area is 110 Å². The smallest absolute Gasteiger partial charge is 0.270 e. The first kappa shape index (κ1) is 13.7. The first-order valence-corrected chi connectivity index (χ1v) is 5.99. The molecule has 5 N–H and O–H groups in total. The molecule has 1 amide bonds. The van der Waals surface area contributed by atoms with Gasteiger partial charge in [0.1, 0.15) is 11.9 Å². The quantitative estimate of drug-likeness (QED) is 0.468. The Bertz CT molecular complexity index is 459. The molecule has 2 rings (SSSR count). The summed E-state index contributed by atoms with van der Waals surface area (Å²) >= 11 is 0. The standard InChI is InChI=1S/C11H17N5O3/c12-8(5-18)10-15-9(3-7-4-13-6-14-7)11(19)16(10)1-2-17/h4,6,8,10,17-18H,1-3,5,12H2,(H,13,14)/t8-,10-/m0/s1. The Kier molecular flexibility index (Phi) is 4.25. The molecule has 0 saturated carbocycles. The third-order valence-corrected chi connectivity index (χ3v) is 2.96. The number of imidazole rings is 1. The van der Waals surface area contributed by atoms with Gasteiger partial charge in [0.15, 0.2) is 0 Å². The minimum Gasteiger partial charge on any atom is -0.395 e. The maximum absolute atomic E-state index is 12.2. The Balaban J connectivity index is 2.16. The van der Waals surface area contributed by atoms with Crippen molar-refractivity contribution in [2.24, 2.45) is 10.7 Å². The van der Waals surface area contributed by atoms with Crippen LogP contribution in [0.3, 0.4) is 0 Å². The number of carbonyl (C=O) groups excluding carboxylic acids is 1. The van der Waals surface area contributed by atoms with Gasteiger partial charge in [0.2, 0.25) is 0 Å². The van der Waals surface area contributed by atoms with Crippen LogP contribution in [0.2, 0.25) is 0 Å². The molecule has 0 aliphatic carbocycles. The van der Waals surface area contributed by atoms with Crippen LogP contribution in [0.25, 0.3) is 0 Å². The summed E-state index contributed by atoms with van der Waals surface area (Å²) in [7, 11) is 0. The number of aromatic amines is 1. The number of rotatable bonds is 6. The molecule has 2 atom stereocenters. The average Bonchev–Trinajstić information content (AvgIpc) is 3.01. The lowest BCUT2D eigenvalue weighted by atomic mass is 10.2. The number of aliphatic imine (C=N–C) groups is 1. The molecule has 2 heterocycles. The highest BCUT2D eigenvalue weighted by molar-refractivity contribution is 6.40. The second-order valence-electron chi connectivity index (χ2n) is 4.31. The molecule has 0 bridgehead atoms. The summed E-state index contributed by atoms with van der Waals surface area (Å²) in [6.07, 6.45) is 2.85. The molecular formula is C11H17N5O3. The lowest BCUT2D eigenvalue weighted by Crippen LogP contribution is -2.49. The summed E-state index contributed by atoms with van der Waals surface area (Å²) in [6, 6.07) is -0.658. The maximum atomic E-state index is 12.2. The lowest BCUT2D eigenvalue weighted by Gasteiger charge is -2.25. The largest absolute Gasteiger partial charge is 0.395 e. The van der Waals surface area contributed by atoms with Crippen molar-refractivity contribution in [2.75, 3.05) is 19.8 Å². The van der Waals surface area contributed by atoms with Gasteiger partial charge < -0.3 is 25.8 Å². The second kappa shape index (κ2) is 5.91. The zero-order valence-electron chi connectivity index (χ0n) is 10.4. The average molecular weight is 267 g/mol. The fourth-order valence-electron chi connectivity index (χ4n) is 2.02. The van der Waals surface area contributed by atoms with Gasteiger partial charge >= 0.3 is 0 Å². The third-order valence-electron chi connectivity index (χ3n) is 2.96. The number of amides is 1. The molecule has 1 aliphatic rings. The van der Waals surface area contributed by atoms with E-state index in [1.54, 1.807) is 6.20 Å². The van der Waals surface area contributed by atoms with Crippen LogP contribution >= 0.6 is 0 Å². The second-order valence-corrected chi connectivity index (χ2v) is 4.31. The first-order chi connectivity index (χ1) is 9.17. The SMILES string of the molecule is N[C@@H](CO)[C@H]1N=C(Cc2cnc[nH]2)C(=O)N1CCO. The molecule has 0 radical (unpaired) electrons. The number of hydrogen-bond donors (Lipinski definition) is 4. The zero-order chi connectivity index (χ0) is 13.8. The normalized spacial score (nSPS) is 20.8. The van der Waals surface area contributed by atoms with E-state index in [1.807, 2.05) is 0 Å². The predicted molar refractivity (Wildman–Crippen MR) is 67.4 cm³/mol. The van der Waals surface area contributed by atoms with Crippen molar-refractivity contribution >= 4 is 11.6 Å². The molecule has 8 nitrogen and oxygen atoms in total. The molecule has 0 fully saturated rings. The van der Waals surface area contributed by atoms with E-state index < -0.39 is 12.2 Å². The van der Waals surface area contributed by atoms with E-state index in [0.717, 1.165) is 5.69 Å². The summed E-state index contributed by atoms with van der Waals surface area (Å²) in [6.45, 7) is -0.304. The fourth-order valence-corrected chi connectivity index (χ4v) is 2.02. The van der Waals surface area contributed by atoms with Crippen LogP contribution in [0.5, 0.6) is 0 Å². The van der Waals surface area contributed by atoms with E-state index in [9.17, 15) is 4.79 Å². The Morgan fingerprint density at radius 2 is 2.32 bits per heavy atom. The van der Waals surface area contributed by atoms with Crippen LogP contribution < -0.4 is 5.73 Å². The van der Waals surface area contributed by atoms with Crippen LogP contribution in [-0.4, -0.2) is 68.7 Å². The third kappa shape index (κ3) is 2.80. The number of H-pyrrole nitrogens is 1. The van der Waals surface area contributed by atoms with Gasteiger partial charge in [-0.15, -0.1) is 0 Å². The number of hydrogen-bond acceptors (Lipinski definition) is 6. The van der Waals surface area contributed by atoms with E-state index in [4.69, 9.17) is 15.9 Å². The molecule has 19 heavy (non-hydrogen) atoms. The number of aromatic nitrogens is 2. The van der Waals surface area contributed by atoms with E-state index in [2.05, 4.69) is 15.0 Å². The predicted octanol–water partition coefficient (Wildman–Crippen LogP) is -2.13. The fraction of sp³-hybridized carbons (Fsp3) is 0.545. The van der Waals surface area contributed by atoms with Crippen LogP contribution in [-0.2, 0) is 11.2 Å². The molecule has 1 aliphatic heterocycles. The summed E-state index contributed by atoms with van der Waals surface area (Å²) in [4.78, 5) is 24.6. The topological polar surface area (TPSA) is 128 Å². The molecule has 1 aromatic rings. The molecule has 0 aromatic carbocycles. The van der Waals surface area contributed by atoms with Gasteiger partial charge in [0, 0.05) is 24.9 Å². The first-order valence-electron chi connectivity index (χ1n) is 5.99. The molecule has 0 unspecified atom stereocenters. The van der Waals surface area contributed by atoms with Crippen LogP contribution in [0.4, 0.5) is 0 Å². The molecule has 0 spiro atoms. The van der Waals surface area contributed by atoms with Crippen molar-refractivity contribution in [2.45, 2.75) is 18.6 Å². The highest BCUT2D eigenvalue weighted by atomic mass is 16.3. The van der Waals surface area contributed by atoms with E-state index >= 15 is 0 Å². The highest BCUT2D eigenvalue weighted by Gasteiger charge is 2.36. The minimum absolute atomic E-state index is 0.146. The van der Waals surface area contributed by atoms with Gasteiger partial charge in [-0.05, 0) is 0 Å². The summed E-state index contributed by atoms with van der Waals surface area (Å²) in [5.41, 5.74) is 6.87. The zero-order valence-corrected chi connectivity index (χ0v) is 10.4. The van der Waals surface area contributed by atoms with Crippen molar-refractivity contribution in [1.82, 2.24) is 14.9 Å². The molecule has 8 heteroatoms. The Hall–Kier alpha value is -1.77. The van der Waals surface area contributed by atoms with Gasteiger partial charge in [0.25, 0.3) is 5.91 Å². The van der Waals surface area contributed by atoms with Gasteiger partial charge in [-0.3, -0.25) is 9.79 Å². The number of β-amino-alcohol motifs (C(OH)–C–C–N with tert-alkyl or cyclic N) is 1. The van der Waals surface area contributed by atoms with Crippen LogP contribution in [0.15, 0.2) is 17.5 Å². The maximum Gasteiger partial charge on any atom is 0.270 e. The number of nitrogens with two attached hydrogens (primary N) is 1. The van der Waals surface area contributed by atoms with Gasteiger partial charge in [-0.25, -0.2) is 4.98 Å². The Morgan fingerprint density at radius 1 is 1.53 bits per heavy atom. The highest BCUT2D eigenvalue weighted by Crippen LogP contribution is 2.16. The van der Waals surface area contributed by atoms with Crippen molar-refractivity contribution in [3.05, 3.63) is 18.2 Å². The minimum atomic E-state index is -0.658. The number of aliphatic hydroxyl groups excluding tert-OH is 2. The van der Waals surface area contributed by atoms with E-state index in [1.165, 1.54) is 11.2 Å². The van der Waals surface area contributed by atoms with Crippen molar-refractivity contribution < 1.29 is 15.0 Å². The number of aliphatic hydroxyl groups is 2. The lowest BCUT2D eigenvalue weighted by molar-refractivity contribution is -0.125. The number of nitrogens with one attached hydrogen (secondary N) is 1. The van der Waals surface area contributed by atoms with Gasteiger partial charge in [-0.2, -0.15) is 0 Å². The molecule has 0 saturated heterocycles. The van der Waals surface area contributed by atoms with E-state index in [0.29, 0.717) is 12.1 Å². The summed E-state index contributed by atoms with van der Waals surface area (Å²) in [5, 5.41) is 18.1. The van der Waals surface area contributed by atoms with Crippen LogP contribution in [0.1, 0.15) is 5.69 Å². The number of carbonyl (C=O) groups is 1.